The first kappa shape index (κ1) is 22.8. The van der Waals surface area contributed by atoms with Crippen LogP contribution in [0.1, 0.15) is 30.1 Å². The van der Waals surface area contributed by atoms with Crippen LogP contribution in [0.15, 0.2) is 30.3 Å². The lowest BCUT2D eigenvalue weighted by molar-refractivity contribution is -0.424. The summed E-state index contributed by atoms with van der Waals surface area (Å²) in [5, 5.41) is 51.7. The van der Waals surface area contributed by atoms with Crippen LogP contribution in [-0.4, -0.2) is 98.7 Å². The van der Waals surface area contributed by atoms with Crippen LogP contribution >= 0.6 is 0 Å². The quantitative estimate of drug-likeness (QED) is 0.306. The zero-order valence-corrected chi connectivity index (χ0v) is 18.4. The van der Waals surface area contributed by atoms with Gasteiger partial charge in [-0.2, -0.15) is 0 Å². The molecule has 3 saturated carbocycles. The summed E-state index contributed by atoms with van der Waals surface area (Å²) in [6.45, 7) is 0.985. The second kappa shape index (κ2) is 7.19. The number of esters is 1. The van der Waals surface area contributed by atoms with E-state index in [4.69, 9.17) is 23.7 Å². The molecule has 4 saturated heterocycles. The number of ether oxygens (including phenoxy) is 5. The molecule has 7 fully saturated rings. The average molecular weight is 480 g/mol. The van der Waals surface area contributed by atoms with Crippen LogP contribution in [0.3, 0.4) is 0 Å². The Labute approximate surface area is 194 Å². The Kier molecular flexibility index (Phi) is 4.81. The molecule has 0 spiro atoms. The van der Waals surface area contributed by atoms with Gasteiger partial charge < -0.3 is 49.2 Å². The number of aliphatic hydroxyl groups excluding tert-OH is 4. The largest absolute Gasteiger partial charge is 0.461 e. The van der Waals surface area contributed by atoms with Crippen LogP contribution in [0.25, 0.3) is 0 Å². The van der Waals surface area contributed by atoms with Gasteiger partial charge in [0.2, 0.25) is 0 Å². The molecule has 5 N–H and O–H groups in total. The lowest BCUT2D eigenvalue weighted by atomic mass is 9.41. The van der Waals surface area contributed by atoms with Gasteiger partial charge in [-0.05, 0) is 25.5 Å². The molecular formula is C23H28O11. The van der Waals surface area contributed by atoms with Gasteiger partial charge in [0.05, 0.1) is 17.6 Å². The van der Waals surface area contributed by atoms with Crippen LogP contribution in [0.4, 0.5) is 0 Å². The highest BCUT2D eigenvalue weighted by atomic mass is 16.8. The third-order valence-electron chi connectivity index (χ3n) is 8.57. The average Bonchev–Trinajstić information content (AvgIpc) is 3.00. The number of carbonyl (C=O) groups excluding carboxylic acids is 1. The van der Waals surface area contributed by atoms with Crippen molar-refractivity contribution in [3.63, 3.8) is 0 Å². The van der Waals surface area contributed by atoms with Crippen molar-refractivity contribution in [2.24, 2.45) is 11.3 Å². The van der Waals surface area contributed by atoms with Crippen molar-refractivity contribution in [2.45, 2.75) is 73.8 Å². The van der Waals surface area contributed by atoms with Crippen LogP contribution in [-0.2, 0) is 23.7 Å². The zero-order valence-electron chi connectivity index (χ0n) is 18.4. The summed E-state index contributed by atoms with van der Waals surface area (Å²) < 4.78 is 29.7. The molecule has 11 atom stereocenters. The Morgan fingerprint density at radius 3 is 2.56 bits per heavy atom. The molecule has 11 nitrogen and oxygen atoms in total. The first-order chi connectivity index (χ1) is 16.1. The Morgan fingerprint density at radius 1 is 1.12 bits per heavy atom. The molecule has 11 heteroatoms. The highest BCUT2D eigenvalue weighted by molar-refractivity contribution is 5.89. The van der Waals surface area contributed by atoms with E-state index in [1.54, 1.807) is 37.3 Å². The summed E-state index contributed by atoms with van der Waals surface area (Å²) in [5.74, 6) is -2.49. The van der Waals surface area contributed by atoms with E-state index in [0.29, 0.717) is 5.56 Å². The van der Waals surface area contributed by atoms with Crippen molar-refractivity contribution in [1.29, 1.82) is 0 Å². The van der Waals surface area contributed by atoms with Crippen LogP contribution in [0, 0.1) is 11.3 Å². The molecule has 6 bridgehead atoms. The zero-order chi connectivity index (χ0) is 24.1. The van der Waals surface area contributed by atoms with Gasteiger partial charge in [-0.1, -0.05) is 18.2 Å². The van der Waals surface area contributed by atoms with Gasteiger partial charge in [-0.25, -0.2) is 4.79 Å². The number of carbonyl (C=O) groups is 1. The molecule has 4 heterocycles. The lowest BCUT2D eigenvalue weighted by Crippen LogP contribution is -2.80. The molecule has 7 aliphatic rings. The van der Waals surface area contributed by atoms with Crippen molar-refractivity contribution in [3.8, 4) is 0 Å². The Balaban J connectivity index is 1.32. The maximum absolute atomic E-state index is 12.7. The fourth-order valence-corrected chi connectivity index (χ4v) is 6.87. The number of aliphatic hydroxyl groups is 5. The molecule has 3 aliphatic carbocycles. The molecule has 1 aromatic carbocycles. The normalized spacial score (nSPS) is 52.5. The first-order valence-electron chi connectivity index (χ1n) is 11.4. The van der Waals surface area contributed by atoms with Crippen LogP contribution in [0.2, 0.25) is 0 Å². The van der Waals surface area contributed by atoms with Crippen molar-refractivity contribution < 1.29 is 54.0 Å². The molecule has 7 unspecified atom stereocenters. The van der Waals surface area contributed by atoms with Crippen LogP contribution < -0.4 is 0 Å². The summed E-state index contributed by atoms with van der Waals surface area (Å²) in [6, 6.07) is 8.47. The predicted molar refractivity (Wildman–Crippen MR) is 109 cm³/mol. The van der Waals surface area contributed by atoms with E-state index in [0.717, 1.165) is 0 Å². The minimum absolute atomic E-state index is 0.0902. The third-order valence-corrected chi connectivity index (χ3v) is 8.57. The van der Waals surface area contributed by atoms with Gasteiger partial charge in [0.1, 0.15) is 42.2 Å². The number of rotatable bonds is 6. The summed E-state index contributed by atoms with van der Waals surface area (Å²) in [6.07, 6.45) is -7.87. The maximum atomic E-state index is 12.7. The predicted octanol–water partition coefficient (Wildman–Crippen LogP) is -1.36. The summed E-state index contributed by atoms with van der Waals surface area (Å²) in [4.78, 5) is 12.7. The van der Waals surface area contributed by atoms with Crippen molar-refractivity contribution in [3.05, 3.63) is 35.9 Å². The number of benzene rings is 1. The van der Waals surface area contributed by atoms with E-state index >= 15 is 0 Å². The topological polar surface area (TPSA) is 164 Å². The smallest absolute Gasteiger partial charge is 0.338 e. The highest BCUT2D eigenvalue weighted by Crippen LogP contribution is 2.81. The third kappa shape index (κ3) is 2.59. The van der Waals surface area contributed by atoms with Gasteiger partial charge >= 0.3 is 5.97 Å². The molecule has 34 heavy (non-hydrogen) atoms. The molecular weight excluding hydrogens is 452 g/mol. The fourth-order valence-electron chi connectivity index (χ4n) is 6.87. The second-order valence-electron chi connectivity index (χ2n) is 10.2. The van der Waals surface area contributed by atoms with Gasteiger partial charge in [0, 0.05) is 12.3 Å². The van der Waals surface area contributed by atoms with Crippen LogP contribution in [0.5, 0.6) is 0 Å². The molecule has 1 aromatic rings. The molecule has 0 amide bonds. The minimum Gasteiger partial charge on any atom is -0.461 e. The van der Waals surface area contributed by atoms with Crippen molar-refractivity contribution in [2.75, 3.05) is 13.2 Å². The van der Waals surface area contributed by atoms with E-state index in [1.165, 1.54) is 0 Å². The molecule has 186 valence electrons. The van der Waals surface area contributed by atoms with Gasteiger partial charge in [-0.15, -0.1) is 0 Å². The Hall–Kier alpha value is -1.67. The maximum Gasteiger partial charge on any atom is 0.338 e. The fraction of sp³-hybridized carbons (Fsp3) is 0.696. The van der Waals surface area contributed by atoms with E-state index in [1.807, 2.05) is 0 Å². The molecule has 0 aromatic heterocycles. The van der Waals surface area contributed by atoms with E-state index in [9.17, 15) is 30.3 Å². The first-order valence-corrected chi connectivity index (χ1v) is 11.4. The number of hydrogen-bond acceptors (Lipinski definition) is 11. The Morgan fingerprint density at radius 2 is 1.85 bits per heavy atom. The van der Waals surface area contributed by atoms with Crippen molar-refractivity contribution >= 4 is 5.97 Å². The number of hydrogen-bond donors (Lipinski definition) is 5. The second-order valence-corrected chi connectivity index (χ2v) is 10.2. The standard InChI is InChI=1S/C23H28O11/c1-20-9-22(29)13-7-23(20,32-18-16(27)15(26)14(25)12(8-24)31-18)21(13,19(33-20)34-22)10-30-17(28)11-5-3-2-4-6-11/h2-6,12-16,18-19,24-27,29H,7-10H2,1H3/t12?,13?,14?,15?,16?,18?,19?,20-,21-,22+,23-/m0/s1. The molecule has 8 rings (SSSR count). The summed E-state index contributed by atoms with van der Waals surface area (Å²) >= 11 is 0. The Bertz CT molecular complexity index is 988. The highest BCUT2D eigenvalue weighted by Gasteiger charge is 2.94. The van der Waals surface area contributed by atoms with E-state index in [-0.39, 0.29) is 19.4 Å². The van der Waals surface area contributed by atoms with E-state index in [2.05, 4.69) is 0 Å². The SMILES string of the molecule is C[C@@]12C[C@@]3(O)OC(O1)[C@]1(COC(=O)c4ccccc4)C3C[C@@]12OC1OC(CO)C(O)C(O)C1O. The summed E-state index contributed by atoms with van der Waals surface area (Å²) in [7, 11) is 0. The molecule has 4 aliphatic heterocycles. The van der Waals surface area contributed by atoms with Gasteiger partial charge in [-0.3, -0.25) is 0 Å². The van der Waals surface area contributed by atoms with Gasteiger partial charge in [0.15, 0.2) is 18.4 Å². The van der Waals surface area contributed by atoms with Crippen molar-refractivity contribution in [1.82, 2.24) is 0 Å². The lowest BCUT2D eigenvalue weighted by Gasteiger charge is -2.67. The molecule has 0 radical (unpaired) electrons. The minimum atomic E-state index is -1.61. The van der Waals surface area contributed by atoms with Gasteiger partial charge in [0.25, 0.3) is 0 Å². The summed E-state index contributed by atoms with van der Waals surface area (Å²) in [5.41, 5.74) is -2.99. The monoisotopic (exact) mass is 480 g/mol. The van der Waals surface area contributed by atoms with E-state index < -0.39 is 77.9 Å².